The van der Waals surface area contributed by atoms with E-state index in [1.54, 1.807) is 0 Å². The van der Waals surface area contributed by atoms with Crippen molar-refractivity contribution in [3.63, 3.8) is 0 Å². The van der Waals surface area contributed by atoms with Crippen molar-refractivity contribution in [3.05, 3.63) is 0 Å². The molecule has 356 valence electrons. The summed E-state index contributed by atoms with van der Waals surface area (Å²) >= 11 is 0. The number of carbonyl (C=O) groups excluding carboxylic acids is 2. The summed E-state index contributed by atoms with van der Waals surface area (Å²) < 4.78 is 48.1. The highest BCUT2D eigenvalue weighted by molar-refractivity contribution is 7.53. The number of ketones is 2. The molecule has 5 unspecified atom stereocenters. The first-order valence-electron chi connectivity index (χ1n) is 25.2. The van der Waals surface area contributed by atoms with Gasteiger partial charge < -0.3 is 28.9 Å². The lowest BCUT2D eigenvalue weighted by atomic mass is 9.52. The average Bonchev–Trinajstić information content (AvgIpc) is 3.29. The fourth-order valence-electron chi connectivity index (χ4n) is 14.5. The second-order valence-electron chi connectivity index (χ2n) is 21.9. The summed E-state index contributed by atoms with van der Waals surface area (Å²) in [6.07, 6.45) is 26.1. The van der Waals surface area contributed by atoms with E-state index in [1.165, 1.54) is 38.5 Å². The zero-order valence-corrected chi connectivity index (χ0v) is 40.0. The molecule has 0 bridgehead atoms. The Morgan fingerprint density at radius 3 is 1.27 bits per heavy atom. The molecule has 0 radical (unpaired) electrons. The first-order chi connectivity index (χ1) is 29.6. The first kappa shape index (κ1) is 49.4. The van der Waals surface area contributed by atoms with Crippen molar-refractivity contribution in [1.82, 2.24) is 0 Å². The van der Waals surface area contributed by atoms with Gasteiger partial charge in [0.2, 0.25) is 0 Å². The summed E-state index contributed by atoms with van der Waals surface area (Å²) in [6, 6.07) is 0. The molecular weight excluding hydrogens is 830 g/mol. The van der Waals surface area contributed by atoms with E-state index in [4.69, 9.17) is 19.5 Å². The third-order valence-corrected chi connectivity index (χ3v) is 21.6. The SMILES string of the molecule is COC1CCC(C(C)(C2CCC(OC3CCC(C(=O)C4CCC(C)CC4)CC3)CC2)C2CCC(OC3CCC(C(=O)C4CC(P(=O)(O)OO)CCC4P(=O)(O)O)CC3)CC2)CC1. The molecule has 0 aromatic rings. The molecule has 0 aliphatic heterocycles. The maximum absolute atomic E-state index is 13.8. The van der Waals surface area contributed by atoms with Gasteiger partial charge in [0.1, 0.15) is 11.6 Å². The van der Waals surface area contributed by atoms with Crippen LogP contribution in [0.5, 0.6) is 0 Å². The van der Waals surface area contributed by atoms with Gasteiger partial charge in [-0.25, -0.2) is 5.26 Å². The van der Waals surface area contributed by atoms with Crippen molar-refractivity contribution >= 4 is 26.8 Å². The summed E-state index contributed by atoms with van der Waals surface area (Å²) in [4.78, 5) is 57.4. The van der Waals surface area contributed by atoms with E-state index in [1.807, 2.05) is 7.11 Å². The maximum atomic E-state index is 13.8. The number of hydrogen-bond acceptors (Lipinski definition) is 9. The molecule has 7 fully saturated rings. The quantitative estimate of drug-likeness (QED) is 0.0693. The van der Waals surface area contributed by atoms with Gasteiger partial charge in [0, 0.05) is 30.8 Å². The van der Waals surface area contributed by atoms with Crippen molar-refractivity contribution in [2.24, 2.45) is 52.8 Å². The Morgan fingerprint density at radius 1 is 0.516 bits per heavy atom. The van der Waals surface area contributed by atoms with Crippen LogP contribution in [0.15, 0.2) is 0 Å². The Hall–Kier alpha value is -0.520. The summed E-state index contributed by atoms with van der Waals surface area (Å²) in [7, 11) is -7.18. The first-order valence-corrected chi connectivity index (χ1v) is 28.5. The van der Waals surface area contributed by atoms with Crippen LogP contribution in [0.4, 0.5) is 0 Å². The third kappa shape index (κ3) is 11.8. The molecule has 14 heteroatoms. The van der Waals surface area contributed by atoms with Crippen LogP contribution in [0, 0.1) is 52.8 Å². The van der Waals surface area contributed by atoms with Crippen LogP contribution in [0.3, 0.4) is 0 Å². The lowest BCUT2D eigenvalue weighted by molar-refractivity contribution is -0.148. The molecule has 7 aliphatic carbocycles. The van der Waals surface area contributed by atoms with Crippen molar-refractivity contribution in [2.75, 3.05) is 7.11 Å². The molecule has 62 heavy (non-hydrogen) atoms. The molecule has 12 nitrogen and oxygen atoms in total. The van der Waals surface area contributed by atoms with Gasteiger partial charge in [0.25, 0.3) is 0 Å². The van der Waals surface area contributed by atoms with Gasteiger partial charge in [-0.3, -0.25) is 18.7 Å². The van der Waals surface area contributed by atoms with Crippen LogP contribution in [0.2, 0.25) is 0 Å². The van der Waals surface area contributed by atoms with Crippen molar-refractivity contribution in [1.29, 1.82) is 0 Å². The molecule has 0 aromatic carbocycles. The summed E-state index contributed by atoms with van der Waals surface area (Å²) in [5, 5.41) is 9.02. The van der Waals surface area contributed by atoms with Crippen LogP contribution in [-0.4, -0.2) is 80.5 Å². The standard InChI is InChI=1S/C48H82O12P2/c1-31-4-6-32(7-5-31)46(49)33-8-18-39(19-9-33)58-41-24-14-36(15-25-41)48(2,35-12-22-38(57-3)23-13-35)37-16-26-42(27-17-37)59-40-20-10-34(11-21-40)47(50)44-30-43(62(55,56)60-51)28-29-45(44)61(52,53)54/h31-45,51H,4-30H2,1-3H3,(H,55,56)(H2,52,53,54). The fourth-order valence-corrected chi connectivity index (χ4v) is 16.8. The van der Waals surface area contributed by atoms with Crippen LogP contribution in [-0.2, 0) is 37.6 Å². The summed E-state index contributed by atoms with van der Waals surface area (Å²) in [6.45, 7) is 4.97. The maximum Gasteiger partial charge on any atom is 0.358 e. The smallest absolute Gasteiger partial charge is 0.358 e. The fraction of sp³-hybridized carbons (Fsp3) is 0.958. The molecular formula is C48H82O12P2. The number of Topliss-reactive ketones (excluding diaryl/α,β-unsaturated/α-hetero) is 2. The Balaban J connectivity index is 0.884. The zero-order chi connectivity index (χ0) is 44.2. The number of ether oxygens (including phenoxy) is 3. The third-order valence-electron chi connectivity index (χ3n) is 18.5. The molecule has 5 atom stereocenters. The van der Waals surface area contributed by atoms with Gasteiger partial charge >= 0.3 is 15.2 Å². The van der Waals surface area contributed by atoms with Crippen LogP contribution >= 0.6 is 15.2 Å². The van der Waals surface area contributed by atoms with E-state index in [-0.39, 0.29) is 54.5 Å². The summed E-state index contributed by atoms with van der Waals surface area (Å²) in [5.41, 5.74) is -1.97. The highest BCUT2D eigenvalue weighted by Gasteiger charge is 2.52. The van der Waals surface area contributed by atoms with Crippen molar-refractivity contribution in [2.45, 2.75) is 229 Å². The van der Waals surface area contributed by atoms with Crippen molar-refractivity contribution in [3.8, 4) is 0 Å². The van der Waals surface area contributed by atoms with Crippen molar-refractivity contribution < 1.29 is 57.5 Å². The number of methoxy groups -OCH3 is 1. The van der Waals surface area contributed by atoms with E-state index in [0.717, 1.165) is 95.8 Å². The summed E-state index contributed by atoms with van der Waals surface area (Å²) in [5.74, 6) is 2.21. The highest BCUT2D eigenvalue weighted by atomic mass is 31.2. The van der Waals surface area contributed by atoms with E-state index in [2.05, 4.69) is 18.5 Å². The normalized spacial score (nSPS) is 42.3. The van der Waals surface area contributed by atoms with Crippen LogP contribution < -0.4 is 0 Å². The van der Waals surface area contributed by atoms with Crippen LogP contribution in [0.1, 0.15) is 187 Å². The molecule has 0 amide bonds. The predicted molar refractivity (Wildman–Crippen MR) is 238 cm³/mol. The van der Waals surface area contributed by atoms with Gasteiger partial charge in [-0.05, 0) is 190 Å². The minimum absolute atomic E-state index is 0.00696. The molecule has 0 heterocycles. The highest BCUT2D eigenvalue weighted by Crippen LogP contribution is 2.60. The Kier molecular flexibility index (Phi) is 17.2. The minimum atomic E-state index is -4.63. The van der Waals surface area contributed by atoms with Gasteiger partial charge in [-0.1, -0.05) is 26.7 Å². The largest absolute Gasteiger partial charge is 0.381 e. The number of carbonyl (C=O) groups is 2. The van der Waals surface area contributed by atoms with Crippen LogP contribution in [0.25, 0.3) is 0 Å². The second-order valence-corrected chi connectivity index (χ2v) is 25.7. The molecule has 0 spiro atoms. The van der Waals surface area contributed by atoms with E-state index in [9.17, 15) is 33.4 Å². The topological polar surface area (TPSA) is 186 Å². The lowest BCUT2D eigenvalue weighted by Gasteiger charge is -2.54. The second kappa shape index (κ2) is 21.6. The van der Waals surface area contributed by atoms with E-state index < -0.39 is 32.4 Å². The Labute approximate surface area is 372 Å². The molecule has 7 aliphatic rings. The van der Waals surface area contributed by atoms with Gasteiger partial charge in [0.15, 0.2) is 0 Å². The zero-order valence-electron chi connectivity index (χ0n) is 38.2. The average molecular weight is 913 g/mol. The number of hydrogen-bond donors (Lipinski definition) is 4. The Bertz CT molecular complexity index is 1540. The molecule has 4 N–H and O–H groups in total. The molecule has 7 rings (SSSR count). The van der Waals surface area contributed by atoms with E-state index >= 15 is 0 Å². The number of rotatable bonds is 15. The lowest BCUT2D eigenvalue weighted by Crippen LogP contribution is -2.47. The molecule has 7 saturated carbocycles. The predicted octanol–water partition coefficient (Wildman–Crippen LogP) is 10.8. The molecule has 0 saturated heterocycles. The van der Waals surface area contributed by atoms with Gasteiger partial charge in [-0.15, -0.1) is 0 Å². The Morgan fingerprint density at radius 2 is 0.887 bits per heavy atom. The minimum Gasteiger partial charge on any atom is -0.381 e. The monoisotopic (exact) mass is 913 g/mol. The van der Waals surface area contributed by atoms with Gasteiger partial charge in [0.05, 0.1) is 41.8 Å². The van der Waals surface area contributed by atoms with Gasteiger partial charge in [-0.2, -0.15) is 4.67 Å². The van der Waals surface area contributed by atoms with E-state index in [0.29, 0.717) is 73.5 Å². The molecule has 0 aromatic heterocycles.